The van der Waals surface area contributed by atoms with Crippen LogP contribution in [0.1, 0.15) is 17.5 Å². The lowest BCUT2D eigenvalue weighted by atomic mass is 10.0. The zero-order valence-corrected chi connectivity index (χ0v) is 9.92. The van der Waals surface area contributed by atoms with E-state index in [1.165, 1.54) is 13.2 Å². The first-order chi connectivity index (χ1) is 8.52. The first kappa shape index (κ1) is 13.8. The molecule has 0 aromatic heterocycles. The van der Waals surface area contributed by atoms with E-state index in [1.54, 1.807) is 24.3 Å². The molecule has 1 aromatic carbocycles. The van der Waals surface area contributed by atoms with Crippen LogP contribution in [0.5, 0.6) is 5.75 Å². The van der Waals surface area contributed by atoms with Gasteiger partial charge in [0.1, 0.15) is 5.75 Å². The molecule has 1 rings (SSSR count). The second-order valence-corrected chi connectivity index (χ2v) is 3.64. The minimum Gasteiger partial charge on any atom is -0.497 e. The first-order valence-electron chi connectivity index (χ1n) is 5.30. The monoisotopic (exact) mass is 250 g/mol. The van der Waals surface area contributed by atoms with Crippen LogP contribution in [0, 0.1) is 0 Å². The molecule has 0 saturated heterocycles. The Kier molecular flexibility index (Phi) is 4.92. The summed E-state index contributed by atoms with van der Waals surface area (Å²) in [6.45, 7) is 0. The summed E-state index contributed by atoms with van der Waals surface area (Å²) in [5, 5.41) is 17.3. The summed E-state index contributed by atoms with van der Waals surface area (Å²) < 4.78 is 5.04. The molecule has 0 bridgehead atoms. The fraction of sp³-hybridized carbons (Fsp3) is 0.231. The molecule has 96 valence electrons. The van der Waals surface area contributed by atoms with E-state index in [2.05, 4.69) is 0 Å². The SMILES string of the molecule is COc1ccc(CC(=O)O)c(C=CCC(=O)O)c1. The molecule has 0 aliphatic carbocycles. The van der Waals surface area contributed by atoms with Gasteiger partial charge in [0.2, 0.25) is 0 Å². The molecule has 0 aliphatic heterocycles. The Bertz CT molecular complexity index is 476. The maximum Gasteiger partial charge on any atom is 0.307 e. The first-order valence-corrected chi connectivity index (χ1v) is 5.30. The lowest BCUT2D eigenvalue weighted by Gasteiger charge is -2.06. The lowest BCUT2D eigenvalue weighted by Crippen LogP contribution is -2.02. The normalized spacial score (nSPS) is 10.5. The van der Waals surface area contributed by atoms with Crippen molar-refractivity contribution in [2.75, 3.05) is 7.11 Å². The lowest BCUT2D eigenvalue weighted by molar-refractivity contribution is -0.137. The zero-order chi connectivity index (χ0) is 13.5. The predicted octanol–water partition coefficient (Wildman–Crippen LogP) is 1.81. The molecular weight excluding hydrogens is 236 g/mol. The summed E-state index contributed by atoms with van der Waals surface area (Å²) in [6, 6.07) is 5.01. The van der Waals surface area contributed by atoms with Crippen molar-refractivity contribution in [1.29, 1.82) is 0 Å². The summed E-state index contributed by atoms with van der Waals surface area (Å²) in [4.78, 5) is 21.1. The van der Waals surface area contributed by atoms with Crippen LogP contribution in [0.4, 0.5) is 0 Å². The molecule has 0 heterocycles. The highest BCUT2D eigenvalue weighted by atomic mass is 16.5. The predicted molar refractivity (Wildman–Crippen MR) is 65.6 cm³/mol. The van der Waals surface area contributed by atoms with E-state index in [1.807, 2.05) is 0 Å². The molecule has 0 saturated carbocycles. The van der Waals surface area contributed by atoms with Crippen molar-refractivity contribution in [2.45, 2.75) is 12.8 Å². The number of carboxylic acid groups (broad SMARTS) is 2. The van der Waals surface area contributed by atoms with Gasteiger partial charge in [-0.25, -0.2) is 0 Å². The standard InChI is InChI=1S/C13H14O5/c1-18-11-6-5-10(8-13(16)17)9(7-11)3-2-4-12(14)15/h2-3,5-7H,4,8H2,1H3,(H,14,15)(H,16,17). The summed E-state index contributed by atoms with van der Waals surface area (Å²) >= 11 is 0. The second kappa shape index (κ2) is 6.44. The molecule has 18 heavy (non-hydrogen) atoms. The van der Waals surface area contributed by atoms with Gasteiger partial charge in [0.05, 0.1) is 20.0 Å². The number of carboxylic acids is 2. The summed E-state index contributed by atoms with van der Waals surface area (Å²) in [5.74, 6) is -1.28. The van der Waals surface area contributed by atoms with E-state index < -0.39 is 11.9 Å². The third-order valence-electron chi connectivity index (χ3n) is 2.28. The molecule has 0 aliphatic rings. The fourth-order valence-corrected chi connectivity index (χ4v) is 1.47. The van der Waals surface area contributed by atoms with Gasteiger partial charge in [0, 0.05) is 0 Å². The Hall–Kier alpha value is -2.30. The summed E-state index contributed by atoms with van der Waals surface area (Å²) in [5.41, 5.74) is 1.27. The van der Waals surface area contributed by atoms with E-state index in [0.717, 1.165) is 0 Å². The third kappa shape index (κ3) is 4.29. The molecule has 0 unspecified atom stereocenters. The Morgan fingerprint density at radius 3 is 2.56 bits per heavy atom. The van der Waals surface area contributed by atoms with Gasteiger partial charge in [-0.2, -0.15) is 0 Å². The maximum absolute atomic E-state index is 10.7. The number of ether oxygens (including phenoxy) is 1. The Balaban J connectivity index is 2.99. The molecule has 0 amide bonds. The maximum atomic E-state index is 10.7. The molecule has 2 N–H and O–H groups in total. The highest BCUT2D eigenvalue weighted by Crippen LogP contribution is 2.20. The number of aliphatic carboxylic acids is 2. The van der Waals surface area contributed by atoms with Gasteiger partial charge in [-0.3, -0.25) is 9.59 Å². The average molecular weight is 250 g/mol. The van der Waals surface area contributed by atoms with Crippen molar-refractivity contribution in [2.24, 2.45) is 0 Å². The van der Waals surface area contributed by atoms with Gasteiger partial charge in [0.15, 0.2) is 0 Å². The van der Waals surface area contributed by atoms with Crippen LogP contribution < -0.4 is 4.74 Å². The minimum atomic E-state index is -0.937. The highest BCUT2D eigenvalue weighted by molar-refractivity contribution is 5.74. The second-order valence-electron chi connectivity index (χ2n) is 3.64. The van der Waals surface area contributed by atoms with E-state index in [-0.39, 0.29) is 12.8 Å². The molecule has 1 aromatic rings. The van der Waals surface area contributed by atoms with Gasteiger partial charge in [-0.1, -0.05) is 18.2 Å². The van der Waals surface area contributed by atoms with E-state index in [0.29, 0.717) is 16.9 Å². The van der Waals surface area contributed by atoms with Gasteiger partial charge in [-0.05, 0) is 23.3 Å². The van der Waals surface area contributed by atoms with Crippen molar-refractivity contribution < 1.29 is 24.5 Å². The Labute approximate surface area is 104 Å². The smallest absolute Gasteiger partial charge is 0.307 e. The number of hydrogen-bond acceptors (Lipinski definition) is 3. The minimum absolute atomic E-state index is 0.107. The van der Waals surface area contributed by atoms with Gasteiger partial charge in [0.25, 0.3) is 0 Å². The Morgan fingerprint density at radius 1 is 1.28 bits per heavy atom. The molecule has 5 heteroatoms. The third-order valence-corrected chi connectivity index (χ3v) is 2.28. The van der Waals surface area contributed by atoms with Gasteiger partial charge < -0.3 is 14.9 Å². The topological polar surface area (TPSA) is 83.8 Å². The van der Waals surface area contributed by atoms with Crippen molar-refractivity contribution in [3.63, 3.8) is 0 Å². The largest absolute Gasteiger partial charge is 0.497 e. The van der Waals surface area contributed by atoms with E-state index in [4.69, 9.17) is 14.9 Å². The Morgan fingerprint density at radius 2 is 2.00 bits per heavy atom. The van der Waals surface area contributed by atoms with Crippen LogP contribution >= 0.6 is 0 Å². The molecule has 0 fully saturated rings. The van der Waals surface area contributed by atoms with E-state index in [9.17, 15) is 9.59 Å². The molecule has 0 spiro atoms. The number of hydrogen-bond donors (Lipinski definition) is 2. The van der Waals surface area contributed by atoms with Gasteiger partial charge >= 0.3 is 11.9 Å². The summed E-state index contributed by atoms with van der Waals surface area (Å²) in [7, 11) is 1.51. The van der Waals surface area contributed by atoms with Gasteiger partial charge in [-0.15, -0.1) is 0 Å². The van der Waals surface area contributed by atoms with Crippen LogP contribution in [0.15, 0.2) is 24.3 Å². The number of benzene rings is 1. The van der Waals surface area contributed by atoms with Crippen LogP contribution in [0.2, 0.25) is 0 Å². The molecular formula is C13H14O5. The van der Waals surface area contributed by atoms with Crippen molar-refractivity contribution in [3.05, 3.63) is 35.4 Å². The van der Waals surface area contributed by atoms with Crippen LogP contribution in [0.25, 0.3) is 6.08 Å². The number of carbonyl (C=O) groups is 2. The van der Waals surface area contributed by atoms with Crippen LogP contribution in [0.3, 0.4) is 0 Å². The quantitative estimate of drug-likeness (QED) is 0.804. The number of methoxy groups -OCH3 is 1. The van der Waals surface area contributed by atoms with E-state index >= 15 is 0 Å². The van der Waals surface area contributed by atoms with Crippen molar-refractivity contribution in [1.82, 2.24) is 0 Å². The number of rotatable bonds is 6. The van der Waals surface area contributed by atoms with Crippen molar-refractivity contribution in [3.8, 4) is 5.75 Å². The van der Waals surface area contributed by atoms with Crippen molar-refractivity contribution >= 4 is 18.0 Å². The summed E-state index contributed by atoms with van der Waals surface area (Å²) in [6.07, 6.45) is 2.85. The average Bonchev–Trinajstić information content (AvgIpc) is 2.30. The van der Waals surface area contributed by atoms with Crippen LogP contribution in [-0.4, -0.2) is 29.3 Å². The molecule has 0 radical (unpaired) electrons. The zero-order valence-electron chi connectivity index (χ0n) is 9.92. The fourth-order valence-electron chi connectivity index (χ4n) is 1.47. The molecule has 5 nitrogen and oxygen atoms in total. The van der Waals surface area contributed by atoms with Crippen LogP contribution in [-0.2, 0) is 16.0 Å². The molecule has 0 atom stereocenters. The highest BCUT2D eigenvalue weighted by Gasteiger charge is 2.06.